The topological polar surface area (TPSA) is 64.6 Å². The van der Waals surface area contributed by atoms with Gasteiger partial charge in [-0.3, -0.25) is 0 Å². The van der Waals surface area contributed by atoms with E-state index in [4.69, 9.17) is 9.47 Å². The van der Waals surface area contributed by atoms with Crippen LogP contribution in [0.25, 0.3) is 6.08 Å². The van der Waals surface area contributed by atoms with Gasteiger partial charge in [0.25, 0.3) is 0 Å². The molecular formula is C23H27NO4S. The molecule has 0 spiro atoms. The molecule has 0 aliphatic heterocycles. The maximum Gasteiger partial charge on any atom is 0.241 e. The van der Waals surface area contributed by atoms with Crippen molar-refractivity contribution in [3.05, 3.63) is 71.8 Å². The van der Waals surface area contributed by atoms with Crippen LogP contribution in [0.4, 0.5) is 0 Å². The van der Waals surface area contributed by atoms with Crippen LogP contribution < -0.4 is 4.72 Å². The zero-order valence-corrected chi connectivity index (χ0v) is 17.8. The highest BCUT2D eigenvalue weighted by Crippen LogP contribution is 2.11. The first-order chi connectivity index (χ1) is 13.9. The molecule has 5 nitrogen and oxygen atoms in total. The fraction of sp³-hybridized carbons (Fsp3) is 0.304. The van der Waals surface area contributed by atoms with Gasteiger partial charge in [-0.05, 0) is 44.4 Å². The van der Waals surface area contributed by atoms with Crippen molar-refractivity contribution in [2.24, 2.45) is 0 Å². The van der Waals surface area contributed by atoms with Crippen LogP contribution >= 0.6 is 0 Å². The first-order valence-corrected chi connectivity index (χ1v) is 11.0. The molecule has 0 amide bonds. The Labute approximate surface area is 173 Å². The van der Waals surface area contributed by atoms with Gasteiger partial charge in [0.15, 0.2) is 0 Å². The molecule has 0 saturated heterocycles. The molecular weight excluding hydrogens is 386 g/mol. The summed E-state index contributed by atoms with van der Waals surface area (Å²) >= 11 is 0. The molecule has 0 fully saturated rings. The van der Waals surface area contributed by atoms with Crippen molar-refractivity contribution in [1.82, 2.24) is 4.72 Å². The van der Waals surface area contributed by atoms with E-state index in [9.17, 15) is 8.42 Å². The summed E-state index contributed by atoms with van der Waals surface area (Å²) in [6, 6.07) is 15.5. The highest BCUT2D eigenvalue weighted by molar-refractivity contribution is 7.89. The molecule has 2 aromatic carbocycles. The van der Waals surface area contributed by atoms with Crippen LogP contribution in [0.5, 0.6) is 0 Å². The van der Waals surface area contributed by atoms with E-state index in [0.29, 0.717) is 13.2 Å². The standard InChI is InChI=1S/C23H27NO4S/c1-4-27-23(28-5-2)18-15-21(14-13-20-9-7-6-8-10-20)24-29(25,26)22-16-11-19(3)12-17-22/h6-14,16-17,21,23-24H,4-5H2,1-3H3/b14-13+. The number of hydrogen-bond acceptors (Lipinski definition) is 4. The van der Waals surface area contributed by atoms with Crippen LogP contribution in [-0.4, -0.2) is 34.0 Å². The number of nitrogens with one attached hydrogen (secondary N) is 1. The van der Waals surface area contributed by atoms with Gasteiger partial charge in [-0.15, -0.1) is 0 Å². The van der Waals surface area contributed by atoms with Gasteiger partial charge in [0.1, 0.15) is 6.04 Å². The zero-order chi connectivity index (χ0) is 21.1. The number of sulfonamides is 1. The van der Waals surface area contributed by atoms with Crippen molar-refractivity contribution >= 4 is 16.1 Å². The Hall–Kier alpha value is -2.43. The van der Waals surface area contributed by atoms with Gasteiger partial charge in [-0.25, -0.2) is 8.42 Å². The summed E-state index contributed by atoms with van der Waals surface area (Å²) in [5.41, 5.74) is 1.93. The SMILES string of the molecule is CCOC(C#CC(/C=C/c1ccccc1)NS(=O)(=O)c1ccc(C)cc1)OCC. The second-order valence-corrected chi connectivity index (χ2v) is 7.93. The minimum absolute atomic E-state index is 0.189. The predicted octanol–water partition coefficient (Wildman–Crippen LogP) is 3.76. The molecule has 0 bridgehead atoms. The highest BCUT2D eigenvalue weighted by Gasteiger charge is 2.17. The largest absolute Gasteiger partial charge is 0.342 e. The van der Waals surface area contributed by atoms with Gasteiger partial charge >= 0.3 is 0 Å². The average molecular weight is 414 g/mol. The van der Waals surface area contributed by atoms with Gasteiger partial charge in [0.2, 0.25) is 16.3 Å². The molecule has 6 heteroatoms. The molecule has 1 atom stereocenters. The second kappa shape index (κ2) is 11.5. The molecule has 0 aliphatic carbocycles. The molecule has 0 aromatic heterocycles. The molecule has 1 N–H and O–H groups in total. The van der Waals surface area contributed by atoms with Gasteiger partial charge < -0.3 is 9.47 Å². The summed E-state index contributed by atoms with van der Waals surface area (Å²) in [5.74, 6) is 5.79. The Kier molecular flexibility index (Phi) is 9.10. The van der Waals surface area contributed by atoms with Crippen LogP contribution in [0.1, 0.15) is 25.0 Å². The predicted molar refractivity (Wildman–Crippen MR) is 116 cm³/mol. The van der Waals surface area contributed by atoms with Crippen molar-refractivity contribution in [3.8, 4) is 11.8 Å². The van der Waals surface area contributed by atoms with E-state index in [0.717, 1.165) is 11.1 Å². The summed E-state index contributed by atoms with van der Waals surface area (Å²) in [4.78, 5) is 0.189. The Morgan fingerprint density at radius 1 is 0.966 bits per heavy atom. The molecule has 2 aromatic rings. The van der Waals surface area contributed by atoms with Gasteiger partial charge in [-0.2, -0.15) is 4.72 Å². The smallest absolute Gasteiger partial charge is 0.241 e. The second-order valence-electron chi connectivity index (χ2n) is 6.21. The third kappa shape index (κ3) is 7.84. The lowest BCUT2D eigenvalue weighted by Gasteiger charge is -2.13. The van der Waals surface area contributed by atoms with E-state index in [-0.39, 0.29) is 4.90 Å². The molecule has 2 rings (SSSR count). The number of hydrogen-bond donors (Lipinski definition) is 1. The number of rotatable bonds is 9. The Morgan fingerprint density at radius 3 is 2.17 bits per heavy atom. The van der Waals surface area contributed by atoms with Crippen molar-refractivity contribution in [2.75, 3.05) is 13.2 Å². The van der Waals surface area contributed by atoms with Gasteiger partial charge in [0.05, 0.1) is 4.90 Å². The van der Waals surface area contributed by atoms with Crippen LogP contribution in [0.3, 0.4) is 0 Å². The lowest BCUT2D eigenvalue weighted by atomic mass is 10.2. The molecule has 0 radical (unpaired) electrons. The minimum atomic E-state index is -3.74. The fourth-order valence-electron chi connectivity index (χ4n) is 2.43. The summed E-state index contributed by atoms with van der Waals surface area (Å²) in [6.45, 7) is 6.49. The Morgan fingerprint density at radius 2 is 1.59 bits per heavy atom. The maximum absolute atomic E-state index is 12.8. The van der Waals surface area contributed by atoms with Crippen molar-refractivity contribution in [3.63, 3.8) is 0 Å². The first-order valence-electron chi connectivity index (χ1n) is 9.51. The van der Waals surface area contributed by atoms with Crippen LogP contribution in [-0.2, 0) is 19.5 Å². The zero-order valence-electron chi connectivity index (χ0n) is 17.0. The third-order valence-electron chi connectivity index (χ3n) is 3.89. The lowest BCUT2D eigenvalue weighted by Crippen LogP contribution is -2.32. The summed E-state index contributed by atoms with van der Waals surface area (Å²) in [7, 11) is -3.74. The van der Waals surface area contributed by atoms with E-state index in [1.807, 2.05) is 57.2 Å². The monoisotopic (exact) mass is 413 g/mol. The average Bonchev–Trinajstić information content (AvgIpc) is 2.71. The van der Waals surface area contributed by atoms with Crippen molar-refractivity contribution in [2.45, 2.75) is 38.0 Å². The van der Waals surface area contributed by atoms with Crippen LogP contribution in [0.15, 0.2) is 65.6 Å². The summed E-state index contributed by atoms with van der Waals surface area (Å²) in [6.07, 6.45) is 2.83. The van der Waals surface area contributed by atoms with Crippen LogP contribution in [0, 0.1) is 18.8 Å². The van der Waals surface area contributed by atoms with Crippen LogP contribution in [0.2, 0.25) is 0 Å². The fourth-order valence-corrected chi connectivity index (χ4v) is 3.54. The maximum atomic E-state index is 12.8. The van der Waals surface area contributed by atoms with Crippen molar-refractivity contribution in [1.29, 1.82) is 0 Å². The van der Waals surface area contributed by atoms with Gasteiger partial charge in [0, 0.05) is 13.2 Å². The molecule has 154 valence electrons. The van der Waals surface area contributed by atoms with Gasteiger partial charge in [-0.1, -0.05) is 66.1 Å². The van der Waals surface area contributed by atoms with E-state index in [1.54, 1.807) is 30.3 Å². The lowest BCUT2D eigenvalue weighted by molar-refractivity contribution is -0.0970. The molecule has 0 saturated carbocycles. The molecule has 1 unspecified atom stereocenters. The van der Waals surface area contributed by atoms with E-state index < -0.39 is 22.4 Å². The number of benzene rings is 2. The minimum Gasteiger partial charge on any atom is -0.342 e. The number of ether oxygens (including phenoxy) is 2. The molecule has 29 heavy (non-hydrogen) atoms. The van der Waals surface area contributed by atoms with E-state index in [2.05, 4.69) is 16.6 Å². The normalized spacial score (nSPS) is 12.7. The third-order valence-corrected chi connectivity index (χ3v) is 5.34. The number of aryl methyl sites for hydroxylation is 1. The van der Waals surface area contributed by atoms with E-state index in [1.165, 1.54) is 0 Å². The molecule has 0 aliphatic rings. The van der Waals surface area contributed by atoms with E-state index >= 15 is 0 Å². The first kappa shape index (κ1) is 22.9. The van der Waals surface area contributed by atoms with Crippen molar-refractivity contribution < 1.29 is 17.9 Å². The Bertz CT molecular complexity index is 936. The molecule has 0 heterocycles. The summed E-state index contributed by atoms with van der Waals surface area (Å²) < 4.78 is 39.1. The highest BCUT2D eigenvalue weighted by atomic mass is 32.2. The quantitative estimate of drug-likeness (QED) is 0.502. The Balaban J connectivity index is 2.28. The summed E-state index contributed by atoms with van der Waals surface area (Å²) in [5, 5.41) is 0.